The molecule has 172 valence electrons. The highest BCUT2D eigenvalue weighted by molar-refractivity contribution is 5.91. The van der Waals surface area contributed by atoms with Crippen LogP contribution in [-0.4, -0.2) is 42.8 Å². The van der Waals surface area contributed by atoms with Crippen LogP contribution in [0.15, 0.2) is 76.8 Å². The van der Waals surface area contributed by atoms with Gasteiger partial charge in [0.2, 0.25) is 6.61 Å². The van der Waals surface area contributed by atoms with E-state index in [0.29, 0.717) is 24.2 Å². The van der Waals surface area contributed by atoms with E-state index < -0.39 is 18.6 Å². The molecule has 4 aromatic rings. The van der Waals surface area contributed by atoms with Gasteiger partial charge in [0.1, 0.15) is 5.69 Å². The molecule has 0 amide bonds. The zero-order valence-corrected chi connectivity index (χ0v) is 18.4. The van der Waals surface area contributed by atoms with E-state index in [1.807, 2.05) is 59.2 Å². The first kappa shape index (κ1) is 21.6. The number of aromatic nitrogens is 4. The van der Waals surface area contributed by atoms with Crippen LogP contribution < -0.4 is 5.56 Å². The van der Waals surface area contributed by atoms with Crippen molar-refractivity contribution in [2.45, 2.75) is 31.7 Å². The van der Waals surface area contributed by atoms with Crippen LogP contribution in [-0.2, 0) is 9.63 Å². The Morgan fingerprint density at radius 3 is 2.71 bits per heavy atom. The van der Waals surface area contributed by atoms with Crippen LogP contribution in [0, 0.1) is 0 Å². The standard InChI is InChI=1S/C25H23N5O4/c31-22-14-13-19(26-30(22)20-11-5-4-10-18(20)28-34-16-23(32)33)24-21-12-6-7-15-29(21)27-25(24)17-8-2-1-3-9-17/h1-3,6-9,12-15,20H,4-5,10-11,16H2,(H,32,33). The lowest BCUT2D eigenvalue weighted by molar-refractivity contribution is -0.142. The molecule has 9 nitrogen and oxygen atoms in total. The molecule has 1 unspecified atom stereocenters. The van der Waals surface area contributed by atoms with Gasteiger partial charge in [-0.05, 0) is 37.5 Å². The number of hydrogen-bond donors (Lipinski definition) is 1. The number of oxime groups is 1. The second kappa shape index (κ2) is 9.30. The molecule has 1 aliphatic carbocycles. The van der Waals surface area contributed by atoms with Gasteiger partial charge >= 0.3 is 5.97 Å². The van der Waals surface area contributed by atoms with Crippen molar-refractivity contribution in [2.75, 3.05) is 6.61 Å². The van der Waals surface area contributed by atoms with Crippen LogP contribution in [0.2, 0.25) is 0 Å². The third kappa shape index (κ3) is 4.19. The van der Waals surface area contributed by atoms with Crippen molar-refractivity contribution in [3.05, 3.63) is 77.2 Å². The fourth-order valence-electron chi connectivity index (χ4n) is 4.35. The third-order valence-electron chi connectivity index (χ3n) is 5.88. The quantitative estimate of drug-likeness (QED) is 0.441. The first-order valence-electron chi connectivity index (χ1n) is 11.2. The molecular weight excluding hydrogens is 434 g/mol. The number of fused-ring (bicyclic) bond motifs is 1. The van der Waals surface area contributed by atoms with Gasteiger partial charge in [0.05, 0.1) is 28.5 Å². The van der Waals surface area contributed by atoms with E-state index in [2.05, 4.69) is 5.16 Å². The molecule has 0 radical (unpaired) electrons. The minimum atomic E-state index is -1.10. The lowest BCUT2D eigenvalue weighted by atomic mass is 9.93. The number of hydrogen-bond acceptors (Lipinski definition) is 6. The Kier molecular flexibility index (Phi) is 5.90. The Bertz CT molecular complexity index is 1420. The Morgan fingerprint density at radius 1 is 1.06 bits per heavy atom. The molecule has 0 bridgehead atoms. The summed E-state index contributed by atoms with van der Waals surface area (Å²) in [5.41, 5.74) is 4.42. The number of nitrogens with zero attached hydrogens (tertiary/aromatic N) is 5. The molecule has 0 spiro atoms. The van der Waals surface area contributed by atoms with Crippen LogP contribution in [0.5, 0.6) is 0 Å². The van der Waals surface area contributed by atoms with Gasteiger partial charge < -0.3 is 9.94 Å². The van der Waals surface area contributed by atoms with Crippen LogP contribution in [0.25, 0.3) is 28.0 Å². The monoisotopic (exact) mass is 457 g/mol. The molecule has 1 fully saturated rings. The Hall–Kier alpha value is -4.27. The van der Waals surface area contributed by atoms with E-state index >= 15 is 0 Å². The van der Waals surface area contributed by atoms with Crippen molar-refractivity contribution in [3.63, 3.8) is 0 Å². The maximum Gasteiger partial charge on any atom is 0.344 e. The van der Waals surface area contributed by atoms with Gasteiger partial charge in [0.25, 0.3) is 5.56 Å². The SMILES string of the molecule is O=C(O)CON=C1CCCCC1n1nc(-c2c(-c3ccccc3)nn3ccccc23)ccc1=O. The molecule has 0 saturated heterocycles. The highest BCUT2D eigenvalue weighted by Crippen LogP contribution is 2.34. The van der Waals surface area contributed by atoms with Gasteiger partial charge in [0.15, 0.2) is 0 Å². The maximum atomic E-state index is 12.9. The molecule has 1 N–H and O–H groups in total. The highest BCUT2D eigenvalue weighted by Gasteiger charge is 2.26. The number of carbonyl (C=O) groups is 1. The molecular formula is C25H23N5O4. The van der Waals surface area contributed by atoms with Crippen molar-refractivity contribution < 1.29 is 14.7 Å². The van der Waals surface area contributed by atoms with E-state index in [0.717, 1.165) is 35.2 Å². The number of rotatable bonds is 6. The first-order chi connectivity index (χ1) is 16.6. The number of carboxylic acid groups (broad SMARTS) is 1. The van der Waals surface area contributed by atoms with Crippen molar-refractivity contribution in [3.8, 4) is 22.5 Å². The van der Waals surface area contributed by atoms with Gasteiger partial charge in [0, 0.05) is 17.8 Å². The molecule has 3 aromatic heterocycles. The summed E-state index contributed by atoms with van der Waals surface area (Å²) >= 11 is 0. The van der Waals surface area contributed by atoms with E-state index in [-0.39, 0.29) is 5.56 Å². The molecule has 1 saturated carbocycles. The molecule has 9 heteroatoms. The minimum Gasteiger partial charge on any atom is -0.479 e. The summed E-state index contributed by atoms with van der Waals surface area (Å²) < 4.78 is 3.25. The predicted molar refractivity (Wildman–Crippen MR) is 127 cm³/mol. The molecule has 3 heterocycles. The fourth-order valence-corrected chi connectivity index (χ4v) is 4.35. The van der Waals surface area contributed by atoms with Crippen LogP contribution in [0.1, 0.15) is 31.7 Å². The van der Waals surface area contributed by atoms with Gasteiger partial charge in [-0.3, -0.25) is 4.79 Å². The van der Waals surface area contributed by atoms with E-state index in [1.54, 1.807) is 6.07 Å². The van der Waals surface area contributed by atoms with Crippen molar-refractivity contribution in [1.82, 2.24) is 19.4 Å². The fraction of sp³-hybridized carbons (Fsp3) is 0.240. The van der Waals surface area contributed by atoms with Crippen LogP contribution in [0.4, 0.5) is 0 Å². The van der Waals surface area contributed by atoms with Gasteiger partial charge in [-0.15, -0.1) is 0 Å². The molecule has 34 heavy (non-hydrogen) atoms. The predicted octanol–water partition coefficient (Wildman–Crippen LogP) is 3.80. The molecule has 0 aliphatic heterocycles. The van der Waals surface area contributed by atoms with E-state index in [4.69, 9.17) is 20.1 Å². The Morgan fingerprint density at radius 2 is 1.88 bits per heavy atom. The summed E-state index contributed by atoms with van der Waals surface area (Å²) in [5, 5.41) is 22.5. The average Bonchev–Trinajstić information content (AvgIpc) is 3.25. The second-order valence-electron chi connectivity index (χ2n) is 8.13. The molecule has 1 atom stereocenters. The molecule has 1 aliphatic rings. The maximum absolute atomic E-state index is 12.9. The van der Waals surface area contributed by atoms with E-state index in [9.17, 15) is 9.59 Å². The second-order valence-corrected chi connectivity index (χ2v) is 8.13. The normalized spacial score (nSPS) is 17.2. The van der Waals surface area contributed by atoms with Gasteiger partial charge in [-0.25, -0.2) is 14.0 Å². The largest absolute Gasteiger partial charge is 0.479 e. The smallest absolute Gasteiger partial charge is 0.344 e. The molecule has 5 rings (SSSR count). The summed E-state index contributed by atoms with van der Waals surface area (Å²) in [5.74, 6) is -1.10. The number of pyridine rings is 1. The minimum absolute atomic E-state index is 0.251. The Labute approximate surface area is 194 Å². The highest BCUT2D eigenvalue weighted by atomic mass is 16.6. The third-order valence-corrected chi connectivity index (χ3v) is 5.88. The van der Waals surface area contributed by atoms with Crippen molar-refractivity contribution >= 4 is 17.2 Å². The first-order valence-corrected chi connectivity index (χ1v) is 11.2. The van der Waals surface area contributed by atoms with Gasteiger partial charge in [-0.1, -0.05) is 48.0 Å². The average molecular weight is 457 g/mol. The summed E-state index contributed by atoms with van der Waals surface area (Å²) in [4.78, 5) is 28.7. The zero-order valence-electron chi connectivity index (χ0n) is 18.4. The molecule has 1 aromatic carbocycles. The Balaban J connectivity index is 1.62. The van der Waals surface area contributed by atoms with Crippen molar-refractivity contribution in [2.24, 2.45) is 5.16 Å². The number of benzene rings is 1. The lowest BCUT2D eigenvalue weighted by Gasteiger charge is -2.24. The summed E-state index contributed by atoms with van der Waals surface area (Å²) in [6.07, 6.45) is 4.98. The summed E-state index contributed by atoms with van der Waals surface area (Å²) in [6.45, 7) is -0.526. The lowest BCUT2D eigenvalue weighted by Crippen LogP contribution is -2.34. The summed E-state index contributed by atoms with van der Waals surface area (Å²) in [6, 6.07) is 18.5. The summed E-state index contributed by atoms with van der Waals surface area (Å²) in [7, 11) is 0. The number of aliphatic carboxylic acids is 1. The van der Waals surface area contributed by atoms with Crippen molar-refractivity contribution in [1.29, 1.82) is 0 Å². The van der Waals surface area contributed by atoms with Crippen LogP contribution in [0.3, 0.4) is 0 Å². The van der Waals surface area contributed by atoms with E-state index in [1.165, 1.54) is 10.7 Å². The number of carboxylic acids is 1. The van der Waals surface area contributed by atoms with Crippen LogP contribution >= 0.6 is 0 Å². The topological polar surface area (TPSA) is 111 Å². The van der Waals surface area contributed by atoms with Gasteiger partial charge in [-0.2, -0.15) is 10.2 Å². The zero-order chi connectivity index (χ0) is 23.5.